The highest BCUT2D eigenvalue weighted by atomic mass is 32.1. The first-order valence-electron chi connectivity index (χ1n) is 7.20. The average Bonchev–Trinajstić information content (AvgIpc) is 3.16. The van der Waals surface area contributed by atoms with Crippen molar-refractivity contribution in [1.29, 1.82) is 0 Å². The Bertz CT molecular complexity index is 717. The molecule has 1 aliphatic heterocycles. The number of hydrogen-bond acceptors (Lipinski definition) is 5. The quantitative estimate of drug-likeness (QED) is 0.933. The lowest BCUT2D eigenvalue weighted by atomic mass is 9.93. The predicted molar refractivity (Wildman–Crippen MR) is 87.4 cm³/mol. The Labute approximate surface area is 138 Å². The molecular weight excluding hydrogens is 314 g/mol. The van der Waals surface area contributed by atoms with Crippen molar-refractivity contribution in [3.63, 3.8) is 0 Å². The zero-order valence-electron chi connectivity index (χ0n) is 12.9. The van der Waals surface area contributed by atoms with Gasteiger partial charge < -0.3 is 15.0 Å². The van der Waals surface area contributed by atoms with Crippen LogP contribution in [0.25, 0.3) is 0 Å². The van der Waals surface area contributed by atoms with E-state index in [1.165, 1.54) is 11.3 Å². The number of nitrogens with zero attached hydrogens (tertiary/aromatic N) is 2. The molecule has 2 atom stereocenters. The number of nitrogens with one attached hydrogen (secondary N) is 1. The van der Waals surface area contributed by atoms with Crippen LogP contribution >= 0.6 is 11.3 Å². The lowest BCUT2D eigenvalue weighted by Gasteiger charge is -2.25. The summed E-state index contributed by atoms with van der Waals surface area (Å²) < 4.78 is 5.25. The Kier molecular flexibility index (Phi) is 4.29. The van der Waals surface area contributed by atoms with Gasteiger partial charge in [0.15, 0.2) is 5.13 Å². The standard InChI is InChI=1S/C16H17N3O3S/c1-19-13(20)9-12(15(21)18-16-17-6-7-23-16)14(19)10-4-3-5-11(8-10)22-2/h3-8,12,14H,9H2,1-2H3,(H,17,18,21)/t12-,14-/m1/s1. The minimum atomic E-state index is -0.455. The summed E-state index contributed by atoms with van der Waals surface area (Å²) in [6, 6.07) is 7.17. The van der Waals surface area contributed by atoms with Crippen LogP contribution in [0.15, 0.2) is 35.8 Å². The van der Waals surface area contributed by atoms with E-state index in [9.17, 15) is 9.59 Å². The highest BCUT2D eigenvalue weighted by Crippen LogP contribution is 2.38. The van der Waals surface area contributed by atoms with Crippen molar-refractivity contribution in [3.8, 4) is 5.75 Å². The van der Waals surface area contributed by atoms with Gasteiger partial charge in [-0.25, -0.2) is 4.98 Å². The molecule has 1 N–H and O–H groups in total. The van der Waals surface area contributed by atoms with E-state index in [1.807, 2.05) is 24.3 Å². The Morgan fingerprint density at radius 2 is 2.30 bits per heavy atom. The third-order valence-electron chi connectivity index (χ3n) is 4.02. The molecule has 6 nitrogen and oxygen atoms in total. The summed E-state index contributed by atoms with van der Waals surface area (Å²) in [6.07, 6.45) is 1.82. The van der Waals surface area contributed by atoms with E-state index in [0.29, 0.717) is 10.9 Å². The molecule has 3 rings (SSSR count). The maximum absolute atomic E-state index is 12.6. The largest absolute Gasteiger partial charge is 0.497 e. The monoisotopic (exact) mass is 331 g/mol. The van der Waals surface area contributed by atoms with E-state index >= 15 is 0 Å². The van der Waals surface area contributed by atoms with Crippen molar-refractivity contribution in [2.45, 2.75) is 12.5 Å². The molecule has 1 aliphatic rings. The van der Waals surface area contributed by atoms with Crippen LogP contribution in [0.4, 0.5) is 5.13 Å². The second-order valence-electron chi connectivity index (χ2n) is 5.36. The van der Waals surface area contributed by atoms with E-state index in [2.05, 4.69) is 10.3 Å². The number of ether oxygens (including phenoxy) is 1. The molecule has 2 heterocycles. The van der Waals surface area contributed by atoms with Gasteiger partial charge in [-0.2, -0.15) is 0 Å². The normalized spacial score (nSPS) is 20.6. The van der Waals surface area contributed by atoms with Gasteiger partial charge in [0, 0.05) is 25.0 Å². The third-order valence-corrected chi connectivity index (χ3v) is 4.71. The molecule has 0 saturated carbocycles. The summed E-state index contributed by atoms with van der Waals surface area (Å²) in [5.41, 5.74) is 0.886. The minimum Gasteiger partial charge on any atom is -0.497 e. The summed E-state index contributed by atoms with van der Waals surface area (Å²) in [7, 11) is 3.32. The number of anilines is 1. The van der Waals surface area contributed by atoms with Gasteiger partial charge in [0.2, 0.25) is 11.8 Å². The van der Waals surface area contributed by atoms with Crippen LogP contribution in [0.1, 0.15) is 18.0 Å². The van der Waals surface area contributed by atoms with Gasteiger partial charge >= 0.3 is 0 Å². The first-order chi connectivity index (χ1) is 11.1. The summed E-state index contributed by atoms with van der Waals surface area (Å²) >= 11 is 1.35. The fraction of sp³-hybridized carbons (Fsp3) is 0.312. The molecule has 0 unspecified atom stereocenters. The molecule has 1 fully saturated rings. The highest BCUT2D eigenvalue weighted by molar-refractivity contribution is 7.13. The van der Waals surface area contributed by atoms with E-state index in [4.69, 9.17) is 4.74 Å². The van der Waals surface area contributed by atoms with Crippen LogP contribution in [-0.4, -0.2) is 35.9 Å². The molecule has 0 aliphatic carbocycles. The zero-order chi connectivity index (χ0) is 16.4. The summed E-state index contributed by atoms with van der Waals surface area (Å²) in [4.78, 5) is 30.4. The van der Waals surface area contributed by atoms with Gasteiger partial charge in [-0.15, -0.1) is 11.3 Å². The topological polar surface area (TPSA) is 71.5 Å². The summed E-state index contributed by atoms with van der Waals surface area (Å²) in [5, 5.41) is 5.13. The molecule has 7 heteroatoms. The molecule has 0 spiro atoms. The molecule has 120 valence electrons. The number of hydrogen-bond donors (Lipinski definition) is 1. The molecule has 1 aromatic heterocycles. The van der Waals surface area contributed by atoms with E-state index in [0.717, 1.165) is 5.56 Å². The molecule has 2 aromatic rings. The molecule has 1 saturated heterocycles. The molecular formula is C16H17N3O3S. The third kappa shape index (κ3) is 3.05. The number of aromatic nitrogens is 1. The van der Waals surface area contributed by atoms with Crippen LogP contribution in [0.3, 0.4) is 0 Å². The Balaban J connectivity index is 1.88. The van der Waals surface area contributed by atoms with Crippen LogP contribution in [0.2, 0.25) is 0 Å². The van der Waals surface area contributed by atoms with Crippen molar-refractivity contribution in [1.82, 2.24) is 9.88 Å². The molecule has 23 heavy (non-hydrogen) atoms. The second-order valence-corrected chi connectivity index (χ2v) is 6.26. The van der Waals surface area contributed by atoms with Crippen LogP contribution in [0.5, 0.6) is 5.75 Å². The fourth-order valence-corrected chi connectivity index (χ4v) is 3.40. The van der Waals surface area contributed by atoms with Crippen molar-refractivity contribution in [2.75, 3.05) is 19.5 Å². The maximum atomic E-state index is 12.6. The molecule has 1 aromatic carbocycles. The number of methoxy groups -OCH3 is 1. The smallest absolute Gasteiger partial charge is 0.232 e. The van der Waals surface area contributed by atoms with Crippen LogP contribution in [0, 0.1) is 5.92 Å². The predicted octanol–water partition coefficient (Wildman–Crippen LogP) is 2.31. The van der Waals surface area contributed by atoms with Gasteiger partial charge in [0.25, 0.3) is 0 Å². The van der Waals surface area contributed by atoms with Crippen LogP contribution < -0.4 is 10.1 Å². The first-order valence-corrected chi connectivity index (χ1v) is 8.08. The minimum absolute atomic E-state index is 0.0443. The van der Waals surface area contributed by atoms with Crippen molar-refractivity contribution in [2.24, 2.45) is 5.92 Å². The molecule has 0 bridgehead atoms. The van der Waals surface area contributed by atoms with Crippen molar-refractivity contribution >= 4 is 28.3 Å². The number of benzene rings is 1. The summed E-state index contributed by atoms with van der Waals surface area (Å²) in [5.74, 6) is 0.0143. The van der Waals surface area contributed by atoms with Crippen molar-refractivity contribution < 1.29 is 14.3 Å². The van der Waals surface area contributed by atoms with Gasteiger partial charge in [-0.05, 0) is 17.7 Å². The number of rotatable bonds is 4. The lowest BCUT2D eigenvalue weighted by Crippen LogP contribution is -2.30. The molecule has 2 amide bonds. The van der Waals surface area contributed by atoms with Crippen LogP contribution in [-0.2, 0) is 9.59 Å². The number of amides is 2. The lowest BCUT2D eigenvalue weighted by molar-refractivity contribution is -0.127. The zero-order valence-corrected chi connectivity index (χ0v) is 13.7. The molecule has 0 radical (unpaired) electrons. The number of carbonyl (C=O) groups is 2. The number of thiazole rings is 1. The van der Waals surface area contributed by atoms with Gasteiger partial charge in [0.1, 0.15) is 5.75 Å². The van der Waals surface area contributed by atoms with E-state index < -0.39 is 5.92 Å². The average molecular weight is 331 g/mol. The van der Waals surface area contributed by atoms with Crippen molar-refractivity contribution in [3.05, 3.63) is 41.4 Å². The number of carbonyl (C=O) groups excluding carboxylic acids is 2. The Morgan fingerprint density at radius 3 is 3.00 bits per heavy atom. The van der Waals surface area contributed by atoms with E-state index in [1.54, 1.807) is 30.6 Å². The summed E-state index contributed by atoms with van der Waals surface area (Å²) in [6.45, 7) is 0. The fourth-order valence-electron chi connectivity index (χ4n) is 2.87. The Morgan fingerprint density at radius 1 is 1.48 bits per heavy atom. The SMILES string of the molecule is COc1cccc([C@@H]2[C@H](C(=O)Nc3nccs3)CC(=O)N2C)c1. The van der Waals surface area contributed by atoms with Gasteiger partial charge in [-0.3, -0.25) is 9.59 Å². The van der Waals surface area contributed by atoms with E-state index in [-0.39, 0.29) is 24.3 Å². The van der Waals surface area contributed by atoms with Gasteiger partial charge in [-0.1, -0.05) is 12.1 Å². The Hall–Kier alpha value is -2.41. The van der Waals surface area contributed by atoms with Gasteiger partial charge in [0.05, 0.1) is 19.1 Å². The maximum Gasteiger partial charge on any atom is 0.232 e. The second kappa shape index (κ2) is 6.37. The first kappa shape index (κ1) is 15.5. The number of likely N-dealkylation sites (tertiary alicyclic amines) is 1. The highest BCUT2D eigenvalue weighted by Gasteiger charge is 2.42.